The van der Waals surface area contributed by atoms with Gasteiger partial charge in [0, 0.05) is 36.0 Å². The highest BCUT2D eigenvalue weighted by Crippen LogP contribution is 2.33. The molecule has 0 bridgehead atoms. The molecule has 29 heavy (non-hydrogen) atoms. The van der Waals surface area contributed by atoms with Gasteiger partial charge in [-0.1, -0.05) is 0 Å². The summed E-state index contributed by atoms with van der Waals surface area (Å²) in [5, 5.41) is 3.18. The lowest BCUT2D eigenvalue weighted by Crippen LogP contribution is -2.45. The van der Waals surface area contributed by atoms with Gasteiger partial charge in [0.15, 0.2) is 11.5 Å². The topological polar surface area (TPSA) is 76.6 Å². The molecule has 7 heteroatoms. The fourth-order valence-corrected chi connectivity index (χ4v) is 4.50. The molecule has 0 unspecified atom stereocenters. The Morgan fingerprint density at radius 2 is 1.90 bits per heavy atom. The van der Waals surface area contributed by atoms with E-state index in [4.69, 9.17) is 14.5 Å². The first kappa shape index (κ1) is 18.2. The molecular weight excluding hydrogens is 368 g/mol. The van der Waals surface area contributed by atoms with E-state index in [1.165, 1.54) is 24.1 Å². The van der Waals surface area contributed by atoms with E-state index >= 15 is 0 Å². The Hall–Kier alpha value is -2.83. The normalized spacial score (nSPS) is 18.4. The van der Waals surface area contributed by atoms with E-state index < -0.39 is 0 Å². The molecule has 0 radical (unpaired) electrons. The Bertz CT molecular complexity index is 938. The van der Waals surface area contributed by atoms with Crippen molar-refractivity contribution in [2.45, 2.75) is 51.5 Å². The van der Waals surface area contributed by atoms with Gasteiger partial charge in [0.2, 0.25) is 6.79 Å². The number of amides is 1. The van der Waals surface area contributed by atoms with Crippen molar-refractivity contribution in [1.82, 2.24) is 15.3 Å². The number of hydrogen-bond acceptors (Lipinski definition) is 6. The van der Waals surface area contributed by atoms with Crippen molar-refractivity contribution in [3.05, 3.63) is 40.8 Å². The third-order valence-corrected chi connectivity index (χ3v) is 6.04. The molecule has 1 fully saturated rings. The number of carbonyl (C=O) groups excluding carboxylic acids is 1. The molecule has 1 N–H and O–H groups in total. The van der Waals surface area contributed by atoms with Crippen molar-refractivity contribution >= 4 is 11.7 Å². The SMILES string of the molecule is Cc1nc2c(c(N3CCC(NC(=O)c4ccc5c(c4)OCO5)CC3)n1)CCCC2. The average molecular weight is 394 g/mol. The van der Waals surface area contributed by atoms with Crippen LogP contribution in [0.2, 0.25) is 0 Å². The molecule has 5 rings (SSSR count). The van der Waals surface area contributed by atoms with E-state index in [-0.39, 0.29) is 18.7 Å². The molecule has 1 amide bonds. The molecule has 7 nitrogen and oxygen atoms in total. The molecule has 1 aromatic carbocycles. The smallest absolute Gasteiger partial charge is 0.251 e. The minimum Gasteiger partial charge on any atom is -0.454 e. The molecule has 3 aliphatic rings. The second-order valence-corrected chi connectivity index (χ2v) is 8.03. The summed E-state index contributed by atoms with van der Waals surface area (Å²) in [6.45, 7) is 3.99. The van der Waals surface area contributed by atoms with Crippen molar-refractivity contribution in [3.8, 4) is 11.5 Å². The maximum absolute atomic E-state index is 12.7. The van der Waals surface area contributed by atoms with Crippen LogP contribution in [0, 0.1) is 6.92 Å². The van der Waals surface area contributed by atoms with Crippen molar-refractivity contribution in [1.29, 1.82) is 0 Å². The summed E-state index contributed by atoms with van der Waals surface area (Å²) < 4.78 is 10.7. The highest BCUT2D eigenvalue weighted by atomic mass is 16.7. The van der Waals surface area contributed by atoms with Gasteiger partial charge in [-0.2, -0.15) is 0 Å². The molecule has 0 spiro atoms. The van der Waals surface area contributed by atoms with E-state index in [0.717, 1.165) is 50.4 Å². The number of ether oxygens (including phenoxy) is 2. The zero-order chi connectivity index (χ0) is 19.8. The summed E-state index contributed by atoms with van der Waals surface area (Å²) in [7, 11) is 0. The molecule has 0 atom stereocenters. The quantitative estimate of drug-likeness (QED) is 0.863. The standard InChI is InChI=1S/C22H26N4O3/c1-14-23-18-5-3-2-4-17(18)21(24-14)26-10-8-16(9-11-26)25-22(27)15-6-7-19-20(12-15)29-13-28-19/h6-7,12,16H,2-5,8-11,13H2,1H3,(H,25,27). The third kappa shape index (κ3) is 3.61. The molecule has 2 aromatic rings. The van der Waals surface area contributed by atoms with Gasteiger partial charge >= 0.3 is 0 Å². The van der Waals surface area contributed by atoms with E-state index in [1.54, 1.807) is 18.2 Å². The number of benzene rings is 1. The third-order valence-electron chi connectivity index (χ3n) is 6.04. The van der Waals surface area contributed by atoms with Gasteiger partial charge < -0.3 is 19.7 Å². The number of nitrogens with zero attached hydrogens (tertiary/aromatic N) is 3. The van der Waals surface area contributed by atoms with Gasteiger partial charge in [0.05, 0.1) is 0 Å². The number of hydrogen-bond donors (Lipinski definition) is 1. The second kappa shape index (κ2) is 7.54. The van der Waals surface area contributed by atoms with Gasteiger partial charge in [-0.3, -0.25) is 4.79 Å². The predicted molar refractivity (Wildman–Crippen MR) is 109 cm³/mol. The van der Waals surface area contributed by atoms with Crippen molar-refractivity contribution in [3.63, 3.8) is 0 Å². The number of piperidine rings is 1. The number of anilines is 1. The van der Waals surface area contributed by atoms with E-state index in [2.05, 4.69) is 15.2 Å². The maximum atomic E-state index is 12.7. The number of rotatable bonds is 3. The van der Waals surface area contributed by atoms with Crippen LogP contribution in [0.5, 0.6) is 11.5 Å². The second-order valence-electron chi connectivity index (χ2n) is 8.03. The van der Waals surface area contributed by atoms with Gasteiger partial charge in [-0.15, -0.1) is 0 Å². The lowest BCUT2D eigenvalue weighted by molar-refractivity contribution is 0.0930. The van der Waals surface area contributed by atoms with Gasteiger partial charge in [0.25, 0.3) is 5.91 Å². The zero-order valence-corrected chi connectivity index (χ0v) is 16.7. The highest BCUT2D eigenvalue weighted by Gasteiger charge is 2.26. The zero-order valence-electron chi connectivity index (χ0n) is 16.7. The first-order valence-electron chi connectivity index (χ1n) is 10.5. The van der Waals surface area contributed by atoms with Crippen LogP contribution in [0.4, 0.5) is 5.82 Å². The van der Waals surface area contributed by atoms with Crippen LogP contribution in [-0.4, -0.2) is 41.8 Å². The Morgan fingerprint density at radius 3 is 2.76 bits per heavy atom. The first-order valence-corrected chi connectivity index (χ1v) is 10.5. The van der Waals surface area contributed by atoms with E-state index in [0.29, 0.717) is 17.1 Å². The first-order chi connectivity index (χ1) is 14.2. The molecule has 1 aliphatic carbocycles. The lowest BCUT2D eigenvalue weighted by Gasteiger charge is -2.35. The van der Waals surface area contributed by atoms with Crippen LogP contribution >= 0.6 is 0 Å². The number of carbonyl (C=O) groups is 1. The van der Waals surface area contributed by atoms with Crippen LogP contribution in [-0.2, 0) is 12.8 Å². The maximum Gasteiger partial charge on any atom is 0.251 e. The van der Waals surface area contributed by atoms with E-state index in [9.17, 15) is 4.79 Å². The fourth-order valence-electron chi connectivity index (χ4n) is 4.50. The van der Waals surface area contributed by atoms with Gasteiger partial charge in [0.1, 0.15) is 11.6 Å². The monoisotopic (exact) mass is 394 g/mol. The minimum atomic E-state index is -0.0583. The van der Waals surface area contributed by atoms with Gasteiger partial charge in [-0.05, 0) is 63.6 Å². The summed E-state index contributed by atoms with van der Waals surface area (Å²) in [6, 6.07) is 5.50. The molecule has 0 saturated carbocycles. The molecular formula is C22H26N4O3. The summed E-state index contributed by atoms with van der Waals surface area (Å²) in [4.78, 5) is 24.5. The van der Waals surface area contributed by atoms with Crippen molar-refractivity contribution in [2.75, 3.05) is 24.8 Å². The summed E-state index contributed by atoms with van der Waals surface area (Å²) in [5.41, 5.74) is 3.18. The van der Waals surface area contributed by atoms with Crippen LogP contribution < -0.4 is 19.7 Å². The lowest BCUT2D eigenvalue weighted by atomic mass is 9.95. The van der Waals surface area contributed by atoms with Crippen LogP contribution in [0.15, 0.2) is 18.2 Å². The summed E-state index contributed by atoms with van der Waals surface area (Å²) >= 11 is 0. The molecule has 1 saturated heterocycles. The predicted octanol–water partition coefficient (Wildman–Crippen LogP) is 2.79. The van der Waals surface area contributed by atoms with Crippen LogP contribution in [0.1, 0.15) is 53.1 Å². The van der Waals surface area contributed by atoms with Gasteiger partial charge in [-0.25, -0.2) is 9.97 Å². The number of fused-ring (bicyclic) bond motifs is 2. The van der Waals surface area contributed by atoms with E-state index in [1.807, 2.05) is 6.92 Å². The Labute approximate surface area is 170 Å². The molecule has 3 heterocycles. The average Bonchev–Trinajstić information content (AvgIpc) is 3.21. The van der Waals surface area contributed by atoms with Crippen LogP contribution in [0.3, 0.4) is 0 Å². The summed E-state index contributed by atoms with van der Waals surface area (Å²) in [5.74, 6) is 3.25. The molecule has 152 valence electrons. The minimum absolute atomic E-state index is 0.0583. The molecule has 2 aliphatic heterocycles. The number of nitrogens with one attached hydrogen (secondary N) is 1. The highest BCUT2D eigenvalue weighted by molar-refractivity contribution is 5.95. The summed E-state index contributed by atoms with van der Waals surface area (Å²) in [6.07, 6.45) is 6.40. The number of aromatic nitrogens is 2. The number of aryl methyl sites for hydroxylation is 2. The Balaban J connectivity index is 1.23. The molecule has 1 aromatic heterocycles. The Kier molecular flexibility index (Phi) is 4.73. The van der Waals surface area contributed by atoms with Crippen LogP contribution in [0.25, 0.3) is 0 Å². The fraction of sp³-hybridized carbons (Fsp3) is 0.500. The largest absolute Gasteiger partial charge is 0.454 e. The van der Waals surface area contributed by atoms with Crippen molar-refractivity contribution < 1.29 is 14.3 Å². The van der Waals surface area contributed by atoms with Crippen molar-refractivity contribution in [2.24, 2.45) is 0 Å². The Morgan fingerprint density at radius 1 is 1.10 bits per heavy atom.